The highest BCUT2D eigenvalue weighted by Crippen LogP contribution is 2.11. The Hall–Kier alpha value is -2.74. The van der Waals surface area contributed by atoms with E-state index in [2.05, 4.69) is 37.7 Å². The predicted octanol–water partition coefficient (Wildman–Crippen LogP) is 2.67. The molecular weight excluding hydrogens is 336 g/mol. The third-order valence-corrected chi connectivity index (χ3v) is 4.49. The van der Waals surface area contributed by atoms with Gasteiger partial charge in [0.15, 0.2) is 0 Å². The van der Waals surface area contributed by atoms with Gasteiger partial charge < -0.3 is 10.6 Å². The van der Waals surface area contributed by atoms with Gasteiger partial charge in [-0.2, -0.15) is 5.10 Å². The molecule has 0 aliphatic carbocycles. The van der Waals surface area contributed by atoms with Crippen molar-refractivity contribution < 1.29 is 4.79 Å². The van der Waals surface area contributed by atoms with Gasteiger partial charge in [-0.15, -0.1) is 11.3 Å². The van der Waals surface area contributed by atoms with E-state index in [9.17, 15) is 4.79 Å². The molecule has 3 aromatic rings. The van der Waals surface area contributed by atoms with Crippen LogP contribution in [0.5, 0.6) is 0 Å². The lowest BCUT2D eigenvalue weighted by molar-refractivity contribution is 0.0950. The molecule has 8 heteroatoms. The van der Waals surface area contributed by atoms with Crippen LogP contribution in [0.25, 0.3) is 0 Å². The second-order valence-corrected chi connectivity index (χ2v) is 6.54. The van der Waals surface area contributed by atoms with E-state index in [4.69, 9.17) is 0 Å². The molecule has 0 saturated carbocycles. The number of hydrogen-bond acceptors (Lipinski definition) is 6. The Labute approximate surface area is 149 Å². The number of rotatable bonds is 7. The zero-order chi connectivity index (χ0) is 17.6. The fourth-order valence-electron chi connectivity index (χ4n) is 2.23. The standard InChI is InChI=1S/C17H20N6OS/c1-3-13-10-25-16(21-13)9-20-17(24)12-4-5-15(18-7-12)19-8-14-6-11(2)22-23-14/h4-7,10H,3,8-9H2,1-2H3,(H,18,19)(H,20,24)(H,22,23). The number of amides is 1. The highest BCUT2D eigenvalue weighted by atomic mass is 32.1. The Bertz CT molecular complexity index is 839. The molecule has 0 aromatic carbocycles. The van der Waals surface area contributed by atoms with Crippen LogP contribution in [0.4, 0.5) is 5.82 Å². The summed E-state index contributed by atoms with van der Waals surface area (Å²) in [5, 5.41) is 16.0. The zero-order valence-electron chi connectivity index (χ0n) is 14.2. The number of pyridine rings is 1. The van der Waals surface area contributed by atoms with Crippen molar-refractivity contribution in [3.8, 4) is 0 Å². The number of thiazole rings is 1. The normalized spacial score (nSPS) is 10.6. The van der Waals surface area contributed by atoms with Crippen molar-refractivity contribution in [2.45, 2.75) is 33.4 Å². The fourth-order valence-corrected chi connectivity index (χ4v) is 3.05. The summed E-state index contributed by atoms with van der Waals surface area (Å²) in [7, 11) is 0. The van der Waals surface area contributed by atoms with Crippen LogP contribution in [-0.4, -0.2) is 26.1 Å². The molecule has 1 amide bonds. The number of nitrogens with one attached hydrogen (secondary N) is 3. The second kappa shape index (κ2) is 7.89. The van der Waals surface area contributed by atoms with Gasteiger partial charge in [0.05, 0.1) is 30.0 Å². The van der Waals surface area contributed by atoms with Gasteiger partial charge in [0.1, 0.15) is 10.8 Å². The van der Waals surface area contributed by atoms with E-state index in [1.54, 1.807) is 29.7 Å². The summed E-state index contributed by atoms with van der Waals surface area (Å²) in [5.41, 5.74) is 3.51. The van der Waals surface area contributed by atoms with Crippen molar-refractivity contribution >= 4 is 23.1 Å². The molecule has 7 nitrogen and oxygen atoms in total. The number of aryl methyl sites for hydroxylation is 2. The minimum absolute atomic E-state index is 0.157. The molecule has 0 saturated heterocycles. The quantitative estimate of drug-likeness (QED) is 0.605. The number of aromatic nitrogens is 4. The Morgan fingerprint density at radius 3 is 2.80 bits per heavy atom. The van der Waals surface area contributed by atoms with Crippen LogP contribution in [0.15, 0.2) is 29.8 Å². The summed E-state index contributed by atoms with van der Waals surface area (Å²) in [6.07, 6.45) is 2.47. The van der Waals surface area contributed by atoms with Crippen LogP contribution in [0.1, 0.15) is 39.4 Å². The van der Waals surface area contributed by atoms with Gasteiger partial charge >= 0.3 is 0 Å². The van der Waals surface area contributed by atoms with Crippen LogP contribution in [-0.2, 0) is 19.5 Å². The van der Waals surface area contributed by atoms with E-state index < -0.39 is 0 Å². The maximum absolute atomic E-state index is 12.2. The number of hydrogen-bond donors (Lipinski definition) is 3. The molecule has 0 radical (unpaired) electrons. The van der Waals surface area contributed by atoms with Gasteiger partial charge in [-0.3, -0.25) is 9.89 Å². The molecule has 130 valence electrons. The summed E-state index contributed by atoms with van der Waals surface area (Å²) in [4.78, 5) is 20.9. The Balaban J connectivity index is 1.51. The fraction of sp³-hybridized carbons (Fsp3) is 0.294. The molecule has 3 aromatic heterocycles. The van der Waals surface area contributed by atoms with Gasteiger partial charge in [-0.1, -0.05) is 6.92 Å². The molecule has 0 atom stereocenters. The molecule has 0 bridgehead atoms. The van der Waals surface area contributed by atoms with Crippen molar-refractivity contribution in [1.29, 1.82) is 0 Å². The molecule has 0 aliphatic heterocycles. The van der Waals surface area contributed by atoms with Crippen molar-refractivity contribution in [1.82, 2.24) is 25.5 Å². The highest BCUT2D eigenvalue weighted by Gasteiger charge is 2.08. The Morgan fingerprint density at radius 2 is 2.16 bits per heavy atom. The molecule has 3 rings (SSSR count). The molecule has 0 fully saturated rings. The van der Waals surface area contributed by atoms with Gasteiger partial charge in [-0.05, 0) is 31.5 Å². The summed E-state index contributed by atoms with van der Waals surface area (Å²) >= 11 is 1.56. The number of nitrogens with zero attached hydrogens (tertiary/aromatic N) is 3. The van der Waals surface area contributed by atoms with Crippen molar-refractivity contribution in [2.24, 2.45) is 0 Å². The van der Waals surface area contributed by atoms with Crippen molar-refractivity contribution in [3.63, 3.8) is 0 Å². The van der Waals surface area contributed by atoms with E-state index in [-0.39, 0.29) is 5.91 Å². The average Bonchev–Trinajstić information content (AvgIpc) is 3.27. The molecule has 3 N–H and O–H groups in total. The molecule has 3 heterocycles. The van der Waals surface area contributed by atoms with E-state index in [0.29, 0.717) is 24.5 Å². The minimum atomic E-state index is -0.157. The van der Waals surface area contributed by atoms with E-state index in [1.165, 1.54) is 0 Å². The highest BCUT2D eigenvalue weighted by molar-refractivity contribution is 7.09. The number of aromatic amines is 1. The molecule has 0 unspecified atom stereocenters. The van der Waals surface area contributed by atoms with E-state index >= 15 is 0 Å². The van der Waals surface area contributed by atoms with Crippen LogP contribution in [0.3, 0.4) is 0 Å². The van der Waals surface area contributed by atoms with Gasteiger partial charge in [0.2, 0.25) is 0 Å². The maximum Gasteiger partial charge on any atom is 0.253 e. The first-order valence-corrected chi connectivity index (χ1v) is 8.94. The smallest absolute Gasteiger partial charge is 0.253 e. The SMILES string of the molecule is CCc1csc(CNC(=O)c2ccc(NCc3cc(C)[nH]n3)nc2)n1. The summed E-state index contributed by atoms with van der Waals surface area (Å²) in [6, 6.07) is 5.50. The van der Waals surface area contributed by atoms with Crippen LogP contribution in [0.2, 0.25) is 0 Å². The summed E-state index contributed by atoms with van der Waals surface area (Å²) in [6.45, 7) is 5.03. The lowest BCUT2D eigenvalue weighted by Crippen LogP contribution is -2.22. The van der Waals surface area contributed by atoms with E-state index in [1.807, 2.05) is 18.4 Å². The maximum atomic E-state index is 12.2. The first-order chi connectivity index (χ1) is 12.1. The summed E-state index contributed by atoms with van der Waals surface area (Å²) < 4.78 is 0. The molecule has 0 spiro atoms. The Kier molecular flexibility index (Phi) is 5.39. The van der Waals surface area contributed by atoms with Gasteiger partial charge in [-0.25, -0.2) is 9.97 Å². The number of H-pyrrole nitrogens is 1. The third-order valence-electron chi connectivity index (χ3n) is 3.60. The first kappa shape index (κ1) is 17.1. The second-order valence-electron chi connectivity index (χ2n) is 5.60. The molecule has 0 aliphatic rings. The van der Waals surface area contributed by atoms with Crippen molar-refractivity contribution in [3.05, 3.63) is 57.4 Å². The number of anilines is 1. The monoisotopic (exact) mass is 356 g/mol. The molecule has 25 heavy (non-hydrogen) atoms. The van der Waals surface area contributed by atoms with Crippen LogP contribution in [0, 0.1) is 6.92 Å². The topological polar surface area (TPSA) is 95.6 Å². The Morgan fingerprint density at radius 1 is 1.28 bits per heavy atom. The van der Waals surface area contributed by atoms with Crippen LogP contribution < -0.4 is 10.6 Å². The van der Waals surface area contributed by atoms with Gasteiger partial charge in [0, 0.05) is 17.3 Å². The lowest BCUT2D eigenvalue weighted by atomic mass is 10.2. The van der Waals surface area contributed by atoms with Gasteiger partial charge in [0.25, 0.3) is 5.91 Å². The van der Waals surface area contributed by atoms with Crippen molar-refractivity contribution in [2.75, 3.05) is 5.32 Å². The first-order valence-electron chi connectivity index (χ1n) is 8.06. The zero-order valence-corrected chi connectivity index (χ0v) is 15.0. The largest absolute Gasteiger partial charge is 0.364 e. The molecular formula is C17H20N6OS. The number of carbonyl (C=O) groups excluding carboxylic acids is 1. The van der Waals surface area contributed by atoms with E-state index in [0.717, 1.165) is 28.5 Å². The number of carbonyl (C=O) groups is 1. The lowest BCUT2D eigenvalue weighted by Gasteiger charge is -2.06. The average molecular weight is 356 g/mol. The summed E-state index contributed by atoms with van der Waals surface area (Å²) in [5.74, 6) is 0.542. The minimum Gasteiger partial charge on any atom is -0.364 e. The predicted molar refractivity (Wildman–Crippen MR) is 97.6 cm³/mol. The third kappa shape index (κ3) is 4.63. The van der Waals surface area contributed by atoms with Crippen LogP contribution >= 0.6 is 11.3 Å².